The summed E-state index contributed by atoms with van der Waals surface area (Å²) < 4.78 is 5.19. The molecule has 0 atom stereocenters. The number of rotatable bonds is 8. The van der Waals surface area contributed by atoms with Crippen molar-refractivity contribution < 1.29 is 9.53 Å². The first-order valence-electron chi connectivity index (χ1n) is 7.37. The summed E-state index contributed by atoms with van der Waals surface area (Å²) in [6, 6.07) is 7.98. The summed E-state index contributed by atoms with van der Waals surface area (Å²) in [4.78, 5) is 13.9. The van der Waals surface area contributed by atoms with E-state index < -0.39 is 0 Å². The second-order valence-electron chi connectivity index (χ2n) is 4.82. The Morgan fingerprint density at radius 1 is 1.25 bits per heavy atom. The molecule has 4 heteroatoms. The molecule has 0 saturated heterocycles. The van der Waals surface area contributed by atoms with Gasteiger partial charge in [-0.1, -0.05) is 26.0 Å². The van der Waals surface area contributed by atoms with E-state index in [0.717, 1.165) is 38.1 Å². The minimum Gasteiger partial charge on any atom is -0.497 e. The molecule has 20 heavy (non-hydrogen) atoms. The third-order valence-corrected chi connectivity index (χ3v) is 3.10. The molecule has 1 rings (SSSR count). The number of urea groups is 1. The van der Waals surface area contributed by atoms with Gasteiger partial charge in [-0.2, -0.15) is 0 Å². The van der Waals surface area contributed by atoms with Crippen LogP contribution in [0.25, 0.3) is 0 Å². The van der Waals surface area contributed by atoms with Crippen LogP contribution in [0.5, 0.6) is 5.75 Å². The molecule has 112 valence electrons. The van der Waals surface area contributed by atoms with Crippen molar-refractivity contribution in [2.24, 2.45) is 0 Å². The number of nitrogens with zero attached hydrogens (tertiary/aromatic N) is 1. The van der Waals surface area contributed by atoms with Crippen LogP contribution in [-0.4, -0.2) is 37.7 Å². The third kappa shape index (κ3) is 5.51. The Morgan fingerprint density at radius 3 is 2.55 bits per heavy atom. The van der Waals surface area contributed by atoms with E-state index in [0.29, 0.717) is 6.54 Å². The van der Waals surface area contributed by atoms with Crippen molar-refractivity contribution in [2.45, 2.75) is 33.1 Å². The van der Waals surface area contributed by atoms with E-state index in [4.69, 9.17) is 4.74 Å². The monoisotopic (exact) mass is 278 g/mol. The van der Waals surface area contributed by atoms with Gasteiger partial charge in [-0.25, -0.2) is 4.79 Å². The Kier molecular flexibility index (Phi) is 7.55. The predicted octanol–water partition coefficient (Wildman–Crippen LogP) is 3.07. The molecule has 0 aliphatic heterocycles. The van der Waals surface area contributed by atoms with Gasteiger partial charge in [-0.15, -0.1) is 0 Å². The Hall–Kier alpha value is -1.71. The van der Waals surface area contributed by atoms with Gasteiger partial charge in [0, 0.05) is 19.6 Å². The first-order valence-corrected chi connectivity index (χ1v) is 7.37. The van der Waals surface area contributed by atoms with Crippen LogP contribution in [0, 0.1) is 0 Å². The van der Waals surface area contributed by atoms with E-state index in [1.807, 2.05) is 29.2 Å². The van der Waals surface area contributed by atoms with E-state index >= 15 is 0 Å². The molecule has 1 aromatic carbocycles. The zero-order chi connectivity index (χ0) is 14.8. The van der Waals surface area contributed by atoms with E-state index in [-0.39, 0.29) is 6.03 Å². The predicted molar refractivity (Wildman–Crippen MR) is 82.3 cm³/mol. The molecule has 0 heterocycles. The molecule has 0 spiro atoms. The number of carbonyl (C=O) groups is 1. The third-order valence-electron chi connectivity index (χ3n) is 3.10. The summed E-state index contributed by atoms with van der Waals surface area (Å²) in [5.41, 5.74) is 1.17. The van der Waals surface area contributed by atoms with Gasteiger partial charge < -0.3 is 15.0 Å². The number of hydrogen-bond acceptors (Lipinski definition) is 2. The van der Waals surface area contributed by atoms with Crippen molar-refractivity contribution >= 4 is 6.03 Å². The number of benzene rings is 1. The van der Waals surface area contributed by atoms with Crippen LogP contribution in [0.15, 0.2) is 24.3 Å². The van der Waals surface area contributed by atoms with Gasteiger partial charge in [-0.05, 0) is 37.0 Å². The second-order valence-corrected chi connectivity index (χ2v) is 4.82. The maximum atomic E-state index is 12.0. The van der Waals surface area contributed by atoms with Gasteiger partial charge >= 0.3 is 6.03 Å². The lowest BCUT2D eigenvalue weighted by molar-refractivity contribution is 0.198. The average molecular weight is 278 g/mol. The molecule has 2 amide bonds. The van der Waals surface area contributed by atoms with Gasteiger partial charge in [0.15, 0.2) is 0 Å². The van der Waals surface area contributed by atoms with Crippen molar-refractivity contribution in [3.05, 3.63) is 29.8 Å². The summed E-state index contributed by atoms with van der Waals surface area (Å²) in [6.45, 7) is 6.46. The maximum Gasteiger partial charge on any atom is 0.317 e. The summed E-state index contributed by atoms with van der Waals surface area (Å²) in [6.07, 6.45) is 2.79. The topological polar surface area (TPSA) is 41.6 Å². The summed E-state index contributed by atoms with van der Waals surface area (Å²) in [5, 5.41) is 2.98. The first-order chi connectivity index (χ1) is 9.71. The second kappa shape index (κ2) is 9.23. The number of ether oxygens (including phenoxy) is 1. The van der Waals surface area contributed by atoms with Crippen molar-refractivity contribution in [3.63, 3.8) is 0 Å². The first kappa shape index (κ1) is 16.3. The van der Waals surface area contributed by atoms with E-state index in [1.54, 1.807) is 7.11 Å². The fraction of sp³-hybridized carbons (Fsp3) is 0.562. The smallest absolute Gasteiger partial charge is 0.317 e. The van der Waals surface area contributed by atoms with Crippen LogP contribution in [0.4, 0.5) is 4.79 Å². The molecule has 0 unspecified atom stereocenters. The van der Waals surface area contributed by atoms with Gasteiger partial charge in [0.05, 0.1) is 7.11 Å². The normalized spacial score (nSPS) is 10.2. The lowest BCUT2D eigenvalue weighted by Gasteiger charge is -2.21. The summed E-state index contributed by atoms with van der Waals surface area (Å²) in [5.74, 6) is 0.854. The number of nitrogens with one attached hydrogen (secondary N) is 1. The Balaban J connectivity index is 2.39. The van der Waals surface area contributed by atoms with Crippen LogP contribution in [-0.2, 0) is 6.42 Å². The highest BCUT2D eigenvalue weighted by Crippen LogP contribution is 2.12. The lowest BCUT2D eigenvalue weighted by atomic mass is 10.1. The maximum absolute atomic E-state index is 12.0. The van der Waals surface area contributed by atoms with Crippen molar-refractivity contribution in [1.29, 1.82) is 0 Å². The minimum atomic E-state index is 0.0385. The van der Waals surface area contributed by atoms with Gasteiger partial charge in [0.25, 0.3) is 0 Å². The standard InChI is InChI=1S/C16H26N2O2/c1-4-11-18(12-5-2)16(19)17-10-9-14-7-6-8-15(13-14)20-3/h6-8,13H,4-5,9-12H2,1-3H3,(H,17,19). The molecule has 0 aliphatic rings. The average Bonchev–Trinajstić information content (AvgIpc) is 2.47. The Labute approximate surface area is 122 Å². The molecular weight excluding hydrogens is 252 g/mol. The molecule has 0 aromatic heterocycles. The fourth-order valence-corrected chi connectivity index (χ4v) is 2.11. The molecule has 0 bridgehead atoms. The largest absolute Gasteiger partial charge is 0.497 e. The van der Waals surface area contributed by atoms with E-state index in [1.165, 1.54) is 5.56 Å². The minimum absolute atomic E-state index is 0.0385. The molecule has 4 nitrogen and oxygen atoms in total. The van der Waals surface area contributed by atoms with Crippen LogP contribution in [0.3, 0.4) is 0 Å². The SMILES string of the molecule is CCCN(CCC)C(=O)NCCc1cccc(OC)c1. The number of amides is 2. The molecule has 1 N–H and O–H groups in total. The van der Waals surface area contributed by atoms with Gasteiger partial charge in [0.2, 0.25) is 0 Å². The van der Waals surface area contributed by atoms with Crippen LogP contribution < -0.4 is 10.1 Å². The molecule has 0 aliphatic carbocycles. The highest BCUT2D eigenvalue weighted by Gasteiger charge is 2.10. The molecular formula is C16H26N2O2. The molecule has 0 fully saturated rings. The van der Waals surface area contributed by atoms with Crippen LogP contribution in [0.1, 0.15) is 32.3 Å². The summed E-state index contributed by atoms with van der Waals surface area (Å²) >= 11 is 0. The highest BCUT2D eigenvalue weighted by atomic mass is 16.5. The Bertz CT molecular complexity index is 401. The zero-order valence-corrected chi connectivity index (χ0v) is 12.8. The number of carbonyl (C=O) groups excluding carboxylic acids is 1. The zero-order valence-electron chi connectivity index (χ0n) is 12.8. The van der Waals surface area contributed by atoms with E-state index in [9.17, 15) is 4.79 Å². The van der Waals surface area contributed by atoms with Crippen molar-refractivity contribution in [1.82, 2.24) is 10.2 Å². The van der Waals surface area contributed by atoms with Crippen LogP contribution >= 0.6 is 0 Å². The highest BCUT2D eigenvalue weighted by molar-refractivity contribution is 5.74. The van der Waals surface area contributed by atoms with Gasteiger partial charge in [-0.3, -0.25) is 0 Å². The number of methoxy groups -OCH3 is 1. The lowest BCUT2D eigenvalue weighted by Crippen LogP contribution is -2.41. The summed E-state index contributed by atoms with van der Waals surface area (Å²) in [7, 11) is 1.66. The van der Waals surface area contributed by atoms with Crippen molar-refractivity contribution in [3.8, 4) is 5.75 Å². The number of hydrogen-bond donors (Lipinski definition) is 1. The quantitative estimate of drug-likeness (QED) is 0.794. The van der Waals surface area contributed by atoms with Gasteiger partial charge in [0.1, 0.15) is 5.75 Å². The van der Waals surface area contributed by atoms with Crippen LogP contribution in [0.2, 0.25) is 0 Å². The molecule has 0 radical (unpaired) electrons. The van der Waals surface area contributed by atoms with E-state index in [2.05, 4.69) is 19.2 Å². The molecule has 0 saturated carbocycles. The van der Waals surface area contributed by atoms with Crippen molar-refractivity contribution in [2.75, 3.05) is 26.7 Å². The Morgan fingerprint density at radius 2 is 1.95 bits per heavy atom. The molecule has 1 aromatic rings. The fourth-order valence-electron chi connectivity index (χ4n) is 2.11.